The van der Waals surface area contributed by atoms with E-state index in [1.807, 2.05) is 61.2 Å². The monoisotopic (exact) mass is 339 g/mol. The van der Waals surface area contributed by atoms with Crippen molar-refractivity contribution >= 4 is 11.6 Å². The minimum absolute atomic E-state index is 0.0235. The quantitative estimate of drug-likeness (QED) is 0.716. The Morgan fingerprint density at radius 2 is 1.88 bits per heavy atom. The Hall–Kier alpha value is -2.36. The lowest BCUT2D eigenvalue weighted by Gasteiger charge is -2.27. The molecule has 0 atom stereocenters. The lowest BCUT2D eigenvalue weighted by molar-refractivity contribution is 0.0684. The zero-order valence-electron chi connectivity index (χ0n) is 15.8. The van der Waals surface area contributed by atoms with Gasteiger partial charge in [0.2, 0.25) is 0 Å². The molecule has 1 amide bonds. The molecule has 1 aromatic heterocycles. The summed E-state index contributed by atoms with van der Waals surface area (Å²) in [6.07, 6.45) is 4.01. The van der Waals surface area contributed by atoms with Gasteiger partial charge >= 0.3 is 0 Å². The molecule has 0 bridgehead atoms. The van der Waals surface area contributed by atoms with E-state index in [4.69, 9.17) is 0 Å². The van der Waals surface area contributed by atoms with Gasteiger partial charge in [-0.25, -0.2) is 0 Å². The zero-order valence-corrected chi connectivity index (χ0v) is 15.8. The van der Waals surface area contributed by atoms with Crippen LogP contribution in [0.1, 0.15) is 49.7 Å². The normalized spacial score (nSPS) is 10.8. The fraction of sp³-hybridized carbons (Fsp3) is 0.429. The van der Waals surface area contributed by atoms with Crippen LogP contribution in [0, 0.1) is 0 Å². The molecule has 0 aliphatic heterocycles. The minimum atomic E-state index is -0.0235. The van der Waals surface area contributed by atoms with Crippen LogP contribution >= 0.6 is 0 Å². The number of anilines is 1. The number of hydrogen-bond donors (Lipinski definition) is 0. The summed E-state index contributed by atoms with van der Waals surface area (Å²) in [7, 11) is 2.06. The van der Waals surface area contributed by atoms with Crippen LogP contribution < -0.4 is 4.90 Å². The molecule has 134 valence electrons. The molecule has 0 saturated heterocycles. The molecule has 0 spiro atoms. The predicted octanol–water partition coefficient (Wildman–Crippen LogP) is 4.37. The first kappa shape index (κ1) is 19.0. The molecular formula is C21H29N3O. The number of unbranched alkanes of at least 4 members (excludes halogenated alkanes) is 1. The molecule has 25 heavy (non-hydrogen) atoms. The Bertz CT molecular complexity index is 670. The highest BCUT2D eigenvalue weighted by Crippen LogP contribution is 2.17. The summed E-state index contributed by atoms with van der Waals surface area (Å²) in [6.45, 7) is 7.83. The van der Waals surface area contributed by atoms with Crippen molar-refractivity contribution in [2.24, 2.45) is 0 Å². The molecule has 4 nitrogen and oxygen atoms in total. The molecule has 0 unspecified atom stereocenters. The second-order valence-corrected chi connectivity index (χ2v) is 6.69. The van der Waals surface area contributed by atoms with Crippen LogP contribution in [0.5, 0.6) is 0 Å². The molecule has 1 heterocycles. The van der Waals surface area contributed by atoms with Crippen molar-refractivity contribution < 1.29 is 4.79 Å². The highest BCUT2D eigenvalue weighted by Gasteiger charge is 2.21. The van der Waals surface area contributed by atoms with Gasteiger partial charge in [-0.05, 0) is 38.0 Å². The lowest BCUT2D eigenvalue weighted by Crippen LogP contribution is -2.37. The van der Waals surface area contributed by atoms with Crippen molar-refractivity contribution in [3.8, 4) is 0 Å². The summed E-state index contributed by atoms with van der Waals surface area (Å²) < 4.78 is 0. The van der Waals surface area contributed by atoms with Gasteiger partial charge in [-0.2, -0.15) is 0 Å². The molecule has 4 heteroatoms. The van der Waals surface area contributed by atoms with Crippen molar-refractivity contribution in [1.82, 2.24) is 9.88 Å². The van der Waals surface area contributed by atoms with E-state index >= 15 is 0 Å². The highest BCUT2D eigenvalue weighted by molar-refractivity contribution is 5.93. The summed E-state index contributed by atoms with van der Waals surface area (Å²) >= 11 is 0. The van der Waals surface area contributed by atoms with E-state index in [1.54, 1.807) is 6.20 Å². The first-order valence-electron chi connectivity index (χ1n) is 9.05. The van der Waals surface area contributed by atoms with Gasteiger partial charge in [-0.15, -0.1) is 0 Å². The SMILES string of the molecule is CCCCN(C)c1ccnc(C(=O)N(Cc2ccccc2)C(C)C)c1. The van der Waals surface area contributed by atoms with E-state index in [-0.39, 0.29) is 11.9 Å². The Labute approximate surface area is 151 Å². The van der Waals surface area contributed by atoms with Crippen molar-refractivity contribution in [1.29, 1.82) is 0 Å². The van der Waals surface area contributed by atoms with Gasteiger partial charge in [-0.3, -0.25) is 9.78 Å². The first-order chi connectivity index (χ1) is 12.0. The molecule has 0 saturated carbocycles. The van der Waals surface area contributed by atoms with Gasteiger partial charge in [0.1, 0.15) is 5.69 Å². The van der Waals surface area contributed by atoms with Gasteiger partial charge in [0.25, 0.3) is 5.91 Å². The third kappa shape index (κ3) is 5.31. The highest BCUT2D eigenvalue weighted by atomic mass is 16.2. The number of carbonyl (C=O) groups excluding carboxylic acids is 1. The van der Waals surface area contributed by atoms with E-state index in [1.165, 1.54) is 0 Å². The van der Waals surface area contributed by atoms with Crippen LogP contribution in [0.2, 0.25) is 0 Å². The lowest BCUT2D eigenvalue weighted by atomic mass is 10.1. The third-order valence-corrected chi connectivity index (χ3v) is 4.33. The second kappa shape index (κ2) is 9.21. The molecule has 0 aliphatic rings. The Morgan fingerprint density at radius 3 is 2.52 bits per heavy atom. The molecule has 0 N–H and O–H groups in total. The fourth-order valence-electron chi connectivity index (χ4n) is 2.71. The number of pyridine rings is 1. The molecule has 2 rings (SSSR count). The number of aromatic nitrogens is 1. The number of rotatable bonds is 8. The number of carbonyl (C=O) groups is 1. The number of amides is 1. The van der Waals surface area contributed by atoms with Crippen molar-refractivity contribution in [2.75, 3.05) is 18.5 Å². The second-order valence-electron chi connectivity index (χ2n) is 6.69. The molecule has 1 aromatic carbocycles. The van der Waals surface area contributed by atoms with Gasteiger partial charge in [0, 0.05) is 38.1 Å². The van der Waals surface area contributed by atoms with Crippen LogP contribution in [-0.4, -0.2) is 35.4 Å². The summed E-state index contributed by atoms with van der Waals surface area (Å²) in [4.78, 5) is 21.4. The third-order valence-electron chi connectivity index (χ3n) is 4.33. The van der Waals surface area contributed by atoms with E-state index in [9.17, 15) is 4.79 Å². The Balaban J connectivity index is 2.18. The summed E-state index contributed by atoms with van der Waals surface area (Å²) in [5.74, 6) is -0.0235. The maximum atomic E-state index is 13.0. The van der Waals surface area contributed by atoms with Crippen LogP contribution in [0.25, 0.3) is 0 Å². The molecule has 0 fully saturated rings. The molecule has 0 aliphatic carbocycles. The average Bonchev–Trinajstić information content (AvgIpc) is 2.64. The number of nitrogens with zero attached hydrogens (tertiary/aromatic N) is 3. The van der Waals surface area contributed by atoms with Crippen LogP contribution in [0.3, 0.4) is 0 Å². The van der Waals surface area contributed by atoms with Crippen LogP contribution in [-0.2, 0) is 6.54 Å². The standard InChI is InChI=1S/C21H29N3O/c1-5-6-14-23(4)19-12-13-22-20(15-19)21(25)24(17(2)3)16-18-10-8-7-9-11-18/h7-13,15,17H,5-6,14,16H2,1-4H3. The molecule has 2 aromatic rings. The number of benzene rings is 1. The minimum Gasteiger partial charge on any atom is -0.374 e. The van der Waals surface area contributed by atoms with Crippen molar-refractivity contribution in [3.63, 3.8) is 0 Å². The topological polar surface area (TPSA) is 36.4 Å². The largest absolute Gasteiger partial charge is 0.374 e. The number of hydrogen-bond acceptors (Lipinski definition) is 3. The maximum Gasteiger partial charge on any atom is 0.273 e. The predicted molar refractivity (Wildman–Crippen MR) is 104 cm³/mol. The average molecular weight is 339 g/mol. The van der Waals surface area contributed by atoms with E-state index in [0.717, 1.165) is 30.6 Å². The van der Waals surface area contributed by atoms with Gasteiger partial charge in [0.05, 0.1) is 0 Å². The van der Waals surface area contributed by atoms with Gasteiger partial charge in [-0.1, -0.05) is 43.7 Å². The maximum absolute atomic E-state index is 13.0. The first-order valence-corrected chi connectivity index (χ1v) is 9.05. The Kier molecular flexibility index (Phi) is 6.99. The van der Waals surface area contributed by atoms with E-state index < -0.39 is 0 Å². The summed E-state index contributed by atoms with van der Waals surface area (Å²) in [5, 5.41) is 0. The zero-order chi connectivity index (χ0) is 18.2. The van der Waals surface area contributed by atoms with Crippen LogP contribution in [0.15, 0.2) is 48.7 Å². The Morgan fingerprint density at radius 1 is 1.16 bits per heavy atom. The van der Waals surface area contributed by atoms with Gasteiger partial charge in [0.15, 0.2) is 0 Å². The summed E-state index contributed by atoms with van der Waals surface area (Å²) in [6, 6.07) is 14.1. The van der Waals surface area contributed by atoms with Crippen LogP contribution in [0.4, 0.5) is 5.69 Å². The smallest absolute Gasteiger partial charge is 0.273 e. The van der Waals surface area contributed by atoms with Crippen molar-refractivity contribution in [3.05, 3.63) is 59.9 Å². The molecule has 0 radical (unpaired) electrons. The molecular weight excluding hydrogens is 310 g/mol. The van der Waals surface area contributed by atoms with E-state index in [2.05, 4.69) is 23.9 Å². The van der Waals surface area contributed by atoms with Gasteiger partial charge < -0.3 is 9.80 Å². The summed E-state index contributed by atoms with van der Waals surface area (Å²) in [5.41, 5.74) is 2.67. The fourth-order valence-corrected chi connectivity index (χ4v) is 2.71. The van der Waals surface area contributed by atoms with Crippen molar-refractivity contribution in [2.45, 2.75) is 46.2 Å². The van der Waals surface area contributed by atoms with E-state index in [0.29, 0.717) is 12.2 Å².